The maximum Gasteiger partial charge on any atom is 0.435 e. The van der Waals surface area contributed by atoms with Gasteiger partial charge in [-0.2, -0.15) is 18.3 Å². The Bertz CT molecular complexity index is 817. The van der Waals surface area contributed by atoms with Gasteiger partial charge in [-0.3, -0.25) is 14.3 Å². The number of benzene rings is 1. The van der Waals surface area contributed by atoms with Crippen molar-refractivity contribution >= 4 is 5.91 Å². The zero-order valence-electron chi connectivity index (χ0n) is 15.2. The van der Waals surface area contributed by atoms with Gasteiger partial charge in [-0.1, -0.05) is 12.1 Å². The summed E-state index contributed by atoms with van der Waals surface area (Å²) in [5.74, 6) is -0.693. The Balaban J connectivity index is 1.83. The lowest BCUT2D eigenvalue weighted by molar-refractivity contribution is -0.170. The van der Waals surface area contributed by atoms with Crippen molar-refractivity contribution in [3.8, 4) is 5.75 Å². The van der Waals surface area contributed by atoms with Crippen LogP contribution in [0.15, 0.2) is 30.5 Å². The molecule has 1 fully saturated rings. The van der Waals surface area contributed by atoms with Crippen LogP contribution in [0.5, 0.6) is 5.75 Å². The molecule has 3 rings (SSSR count). The number of ether oxygens (including phenoxy) is 1. The molecule has 1 amide bonds. The van der Waals surface area contributed by atoms with Crippen LogP contribution in [-0.2, 0) is 22.4 Å². The number of hydrogen-bond acceptors (Lipinski definition) is 4. The molecule has 1 heterocycles. The third-order valence-corrected chi connectivity index (χ3v) is 4.65. The van der Waals surface area contributed by atoms with E-state index >= 15 is 0 Å². The average molecular weight is 383 g/mol. The zero-order valence-corrected chi connectivity index (χ0v) is 15.2. The summed E-state index contributed by atoms with van der Waals surface area (Å²) in [5, 5.41) is 4.79. The molecule has 0 aliphatic heterocycles. The molecular weight excluding hydrogens is 363 g/mol. The summed E-state index contributed by atoms with van der Waals surface area (Å²) in [7, 11) is 4.32. The van der Waals surface area contributed by atoms with Crippen LogP contribution in [0, 0.1) is 5.92 Å². The van der Waals surface area contributed by atoms with Gasteiger partial charge < -0.3 is 4.74 Å². The minimum Gasteiger partial charge on any atom is -0.497 e. The lowest BCUT2D eigenvalue weighted by atomic mass is 10.1. The number of rotatable bonds is 6. The molecule has 0 unspecified atom stereocenters. The van der Waals surface area contributed by atoms with Crippen molar-refractivity contribution in [2.45, 2.75) is 25.1 Å². The highest BCUT2D eigenvalue weighted by Gasteiger charge is 2.50. The zero-order chi connectivity index (χ0) is 19.8. The highest BCUT2D eigenvalue weighted by molar-refractivity contribution is 5.82. The monoisotopic (exact) mass is 383 g/mol. The van der Waals surface area contributed by atoms with Gasteiger partial charge in [0, 0.05) is 30.6 Å². The van der Waals surface area contributed by atoms with Crippen molar-refractivity contribution in [3.63, 3.8) is 0 Å². The Kier molecular flexibility index (Phi) is 5.14. The topological polar surface area (TPSA) is 56.6 Å². The van der Waals surface area contributed by atoms with Crippen LogP contribution in [0.3, 0.4) is 0 Å². The van der Waals surface area contributed by atoms with E-state index in [1.54, 1.807) is 31.4 Å². The Morgan fingerprint density at radius 2 is 1.96 bits per heavy atom. The smallest absolute Gasteiger partial charge is 0.435 e. The largest absolute Gasteiger partial charge is 0.497 e. The maximum atomic E-state index is 13.4. The number of aromatic nitrogens is 2. The fourth-order valence-electron chi connectivity index (χ4n) is 3.06. The summed E-state index contributed by atoms with van der Waals surface area (Å²) >= 11 is 0. The summed E-state index contributed by atoms with van der Waals surface area (Å²) < 4.78 is 46.6. The van der Waals surface area contributed by atoms with Gasteiger partial charge >= 0.3 is 6.18 Å². The molecule has 1 saturated carbocycles. The number of nitrogens with zero attached hydrogens (tertiary/aromatic N) is 3. The molecule has 0 saturated heterocycles. The Labute approximate surface area is 154 Å². The van der Waals surface area contributed by atoms with E-state index < -0.39 is 23.7 Å². The average Bonchev–Trinajstić information content (AvgIpc) is 3.32. The first-order valence-electron chi connectivity index (χ1n) is 8.33. The molecule has 1 aromatic carbocycles. The molecule has 9 heteroatoms. The van der Waals surface area contributed by atoms with Crippen molar-refractivity contribution in [3.05, 3.63) is 47.3 Å². The number of hydroxylamine groups is 2. The summed E-state index contributed by atoms with van der Waals surface area (Å²) in [6, 6.07) is 7.01. The van der Waals surface area contributed by atoms with Crippen molar-refractivity contribution < 1.29 is 27.5 Å². The summed E-state index contributed by atoms with van der Waals surface area (Å²) in [6.07, 6.45) is -2.84. The Hall–Kier alpha value is -2.55. The molecule has 2 atom stereocenters. The maximum absolute atomic E-state index is 13.4. The standard InChI is InChI=1S/C18H20F3N3O3/c1-23(27-3)17(25)14-8-13(14)15-10-24(22-16(15)18(19,20)21)9-11-4-6-12(26-2)7-5-11/h4-7,10,13-14H,8-9H2,1-3H3/t13-,14+/m0/s1. The van der Waals surface area contributed by atoms with E-state index in [-0.39, 0.29) is 18.0 Å². The second kappa shape index (κ2) is 7.22. The number of halogens is 3. The first-order chi connectivity index (χ1) is 12.7. The molecule has 27 heavy (non-hydrogen) atoms. The Morgan fingerprint density at radius 3 is 2.52 bits per heavy atom. The SMILES string of the molecule is COc1ccc(Cn2cc([C@H]3C[C@H]3C(=O)N(C)OC)c(C(F)(F)F)n2)cc1. The van der Waals surface area contributed by atoms with Gasteiger partial charge in [-0.15, -0.1) is 0 Å². The van der Waals surface area contributed by atoms with E-state index in [4.69, 9.17) is 9.57 Å². The first kappa shape index (κ1) is 19.2. The van der Waals surface area contributed by atoms with Crippen LogP contribution in [0.4, 0.5) is 13.2 Å². The van der Waals surface area contributed by atoms with Crippen LogP contribution in [0.2, 0.25) is 0 Å². The van der Waals surface area contributed by atoms with Gasteiger partial charge in [-0.25, -0.2) is 5.06 Å². The fraction of sp³-hybridized carbons (Fsp3) is 0.444. The van der Waals surface area contributed by atoms with Crippen LogP contribution in [0.1, 0.15) is 29.2 Å². The number of carbonyl (C=O) groups is 1. The van der Waals surface area contributed by atoms with E-state index in [9.17, 15) is 18.0 Å². The molecule has 0 N–H and O–H groups in total. The Morgan fingerprint density at radius 1 is 1.30 bits per heavy atom. The van der Waals surface area contributed by atoms with Crippen molar-refractivity contribution in [2.75, 3.05) is 21.3 Å². The van der Waals surface area contributed by atoms with Crippen LogP contribution < -0.4 is 4.74 Å². The van der Waals surface area contributed by atoms with Gasteiger partial charge in [0.05, 0.1) is 20.8 Å². The summed E-state index contributed by atoms with van der Waals surface area (Å²) in [5.41, 5.74) is -0.0867. The fourth-order valence-corrected chi connectivity index (χ4v) is 3.06. The summed E-state index contributed by atoms with van der Waals surface area (Å²) in [6.45, 7) is 0.191. The van der Waals surface area contributed by atoms with Crippen LogP contribution in [-0.4, -0.2) is 42.0 Å². The van der Waals surface area contributed by atoms with Crippen molar-refractivity contribution in [2.24, 2.45) is 5.92 Å². The van der Waals surface area contributed by atoms with E-state index in [2.05, 4.69) is 5.10 Å². The molecule has 1 aromatic heterocycles. The predicted octanol–water partition coefficient (Wildman–Crippen LogP) is 3.08. The second-order valence-electron chi connectivity index (χ2n) is 6.44. The first-order valence-corrected chi connectivity index (χ1v) is 8.33. The van der Waals surface area contributed by atoms with E-state index in [1.165, 1.54) is 25.0 Å². The van der Waals surface area contributed by atoms with Crippen molar-refractivity contribution in [1.29, 1.82) is 0 Å². The number of alkyl halides is 3. The van der Waals surface area contributed by atoms with Crippen LogP contribution in [0.25, 0.3) is 0 Å². The number of methoxy groups -OCH3 is 1. The number of amides is 1. The molecule has 0 radical (unpaired) electrons. The molecule has 146 valence electrons. The molecule has 2 aromatic rings. The predicted molar refractivity (Wildman–Crippen MR) is 90.0 cm³/mol. The lowest BCUT2D eigenvalue weighted by Crippen LogP contribution is -2.27. The highest BCUT2D eigenvalue weighted by atomic mass is 19.4. The second-order valence-corrected chi connectivity index (χ2v) is 6.44. The van der Waals surface area contributed by atoms with Crippen LogP contribution >= 0.6 is 0 Å². The third kappa shape index (κ3) is 4.08. The minimum absolute atomic E-state index is 0.0545. The van der Waals surface area contributed by atoms with E-state index in [0.29, 0.717) is 12.2 Å². The van der Waals surface area contributed by atoms with Gasteiger partial charge in [-0.05, 0) is 24.1 Å². The molecule has 1 aliphatic carbocycles. The molecule has 0 bridgehead atoms. The van der Waals surface area contributed by atoms with E-state index in [0.717, 1.165) is 10.6 Å². The van der Waals surface area contributed by atoms with E-state index in [1.807, 2.05) is 0 Å². The lowest BCUT2D eigenvalue weighted by Gasteiger charge is -2.13. The third-order valence-electron chi connectivity index (χ3n) is 4.65. The molecular formula is C18H20F3N3O3. The molecule has 6 nitrogen and oxygen atoms in total. The minimum atomic E-state index is -4.58. The number of carbonyl (C=O) groups excluding carboxylic acids is 1. The quantitative estimate of drug-likeness (QED) is 0.720. The molecule has 0 spiro atoms. The summed E-state index contributed by atoms with van der Waals surface area (Å²) in [4.78, 5) is 16.9. The van der Waals surface area contributed by atoms with Gasteiger partial charge in [0.1, 0.15) is 5.75 Å². The van der Waals surface area contributed by atoms with Gasteiger partial charge in [0.15, 0.2) is 5.69 Å². The van der Waals surface area contributed by atoms with Gasteiger partial charge in [0.25, 0.3) is 0 Å². The van der Waals surface area contributed by atoms with Crippen molar-refractivity contribution in [1.82, 2.24) is 14.8 Å². The normalized spacial score (nSPS) is 19.0. The number of hydrogen-bond donors (Lipinski definition) is 0. The van der Waals surface area contributed by atoms with Gasteiger partial charge in [0.2, 0.25) is 5.91 Å². The highest BCUT2D eigenvalue weighted by Crippen LogP contribution is 2.51. The molecule has 1 aliphatic rings.